The van der Waals surface area contributed by atoms with E-state index in [9.17, 15) is 14.7 Å². The average molecular weight is 415 g/mol. The molecule has 2 N–H and O–H groups in total. The molecule has 0 saturated carbocycles. The summed E-state index contributed by atoms with van der Waals surface area (Å²) < 4.78 is 0. The first-order valence-electron chi connectivity index (χ1n) is 9.14. The summed E-state index contributed by atoms with van der Waals surface area (Å²) in [6.45, 7) is 8.04. The summed E-state index contributed by atoms with van der Waals surface area (Å²) in [7, 11) is 0. The number of alkyl halides is 1. The van der Waals surface area contributed by atoms with Crippen molar-refractivity contribution in [2.45, 2.75) is 38.8 Å². The minimum atomic E-state index is -0.950. The molecule has 27 heavy (non-hydrogen) atoms. The predicted octanol–water partition coefficient (Wildman–Crippen LogP) is 2.82. The van der Waals surface area contributed by atoms with Crippen molar-refractivity contribution >= 4 is 35.4 Å². The van der Waals surface area contributed by atoms with Crippen LogP contribution < -0.4 is 5.32 Å². The Morgan fingerprint density at radius 1 is 1.37 bits per heavy atom. The Bertz CT molecular complexity index is 666. The molecule has 1 aromatic carbocycles. The van der Waals surface area contributed by atoms with Crippen LogP contribution in [0, 0.1) is 11.3 Å². The first kappa shape index (κ1) is 22.2. The van der Waals surface area contributed by atoms with Crippen molar-refractivity contribution in [2.24, 2.45) is 11.3 Å². The lowest BCUT2D eigenvalue weighted by molar-refractivity contribution is -0.129. The van der Waals surface area contributed by atoms with E-state index in [1.54, 1.807) is 12.1 Å². The Labute approximate surface area is 171 Å². The number of likely N-dealkylation sites (tertiary alicyclic amines) is 1. The monoisotopic (exact) mass is 414 g/mol. The number of rotatable bonds is 7. The van der Waals surface area contributed by atoms with Gasteiger partial charge in [0.05, 0.1) is 11.6 Å². The number of carbonyl (C=O) groups excluding carboxylic acids is 2. The average Bonchev–Trinajstić information content (AvgIpc) is 2.62. The van der Waals surface area contributed by atoms with E-state index in [1.807, 2.05) is 32.9 Å². The largest absolute Gasteiger partial charge is 0.385 e. The molecule has 1 aliphatic heterocycles. The van der Waals surface area contributed by atoms with Crippen LogP contribution in [0.4, 0.5) is 0 Å². The molecule has 0 aliphatic carbocycles. The molecule has 1 saturated heterocycles. The standard InChI is InChI=1S/C20H28Cl2N2O3/c1-14(17(12-25)23-18(26)10-21)11-24-9-8-20(27,19(2,3)13-24)15-4-6-16(22)7-5-15/h4-7,12,14,17,27H,8-11,13H2,1-3H3,(H,23,26)/t14-,17?,20-/m0/s1. The van der Waals surface area contributed by atoms with Gasteiger partial charge in [-0.3, -0.25) is 4.79 Å². The Morgan fingerprint density at radius 3 is 2.52 bits per heavy atom. The van der Waals surface area contributed by atoms with Crippen molar-refractivity contribution in [1.82, 2.24) is 10.2 Å². The number of amides is 1. The molecule has 150 valence electrons. The van der Waals surface area contributed by atoms with Crippen LogP contribution in [0.2, 0.25) is 5.02 Å². The second-order valence-corrected chi connectivity index (χ2v) is 8.78. The summed E-state index contributed by atoms with van der Waals surface area (Å²) in [4.78, 5) is 25.1. The number of benzene rings is 1. The summed E-state index contributed by atoms with van der Waals surface area (Å²) in [5.41, 5.74) is -0.479. The SMILES string of the molecule is C[C@@H](CN1CC[C@](O)(c2ccc(Cl)cc2)C(C)(C)C1)C(C=O)NC(=O)CCl. The number of hydrogen-bond donors (Lipinski definition) is 2. The lowest BCUT2D eigenvalue weighted by atomic mass is 9.66. The van der Waals surface area contributed by atoms with Crippen molar-refractivity contribution in [3.8, 4) is 0 Å². The molecule has 3 atom stereocenters. The highest BCUT2D eigenvalue weighted by atomic mass is 35.5. The summed E-state index contributed by atoms with van der Waals surface area (Å²) in [6, 6.07) is 6.79. The zero-order chi connectivity index (χ0) is 20.2. The van der Waals surface area contributed by atoms with Crippen LogP contribution in [0.1, 0.15) is 32.8 Å². The Hall–Kier alpha value is -1.14. The number of piperidine rings is 1. The minimum Gasteiger partial charge on any atom is -0.385 e. The molecule has 0 aromatic heterocycles. The maximum Gasteiger partial charge on any atom is 0.235 e. The summed E-state index contributed by atoms with van der Waals surface area (Å²) >= 11 is 11.5. The van der Waals surface area contributed by atoms with E-state index >= 15 is 0 Å². The number of hydrogen-bond acceptors (Lipinski definition) is 4. The molecule has 1 heterocycles. The first-order chi connectivity index (χ1) is 12.6. The van der Waals surface area contributed by atoms with Crippen LogP contribution >= 0.6 is 23.2 Å². The van der Waals surface area contributed by atoms with Crippen molar-refractivity contribution in [1.29, 1.82) is 0 Å². The van der Waals surface area contributed by atoms with Gasteiger partial charge in [-0.25, -0.2) is 0 Å². The van der Waals surface area contributed by atoms with Gasteiger partial charge in [0.1, 0.15) is 12.2 Å². The third-order valence-electron chi connectivity index (χ3n) is 5.60. The van der Waals surface area contributed by atoms with Gasteiger partial charge in [0.2, 0.25) is 5.91 Å². The number of carbonyl (C=O) groups is 2. The van der Waals surface area contributed by atoms with Gasteiger partial charge in [-0.15, -0.1) is 11.6 Å². The van der Waals surface area contributed by atoms with Crippen molar-refractivity contribution in [2.75, 3.05) is 25.5 Å². The topological polar surface area (TPSA) is 69.6 Å². The second-order valence-electron chi connectivity index (χ2n) is 8.08. The van der Waals surface area contributed by atoms with Crippen molar-refractivity contribution < 1.29 is 14.7 Å². The predicted molar refractivity (Wildman–Crippen MR) is 108 cm³/mol. The zero-order valence-corrected chi connectivity index (χ0v) is 17.6. The molecule has 0 radical (unpaired) electrons. The van der Waals surface area contributed by atoms with Crippen molar-refractivity contribution in [3.63, 3.8) is 0 Å². The fourth-order valence-electron chi connectivity index (χ4n) is 3.90. The summed E-state index contributed by atoms with van der Waals surface area (Å²) in [5.74, 6) is -0.578. The van der Waals surface area contributed by atoms with Gasteiger partial charge >= 0.3 is 0 Å². The third kappa shape index (κ3) is 5.02. The zero-order valence-electron chi connectivity index (χ0n) is 16.0. The molecule has 1 unspecified atom stereocenters. The van der Waals surface area contributed by atoms with E-state index < -0.39 is 17.1 Å². The maximum absolute atomic E-state index is 11.5. The Morgan fingerprint density at radius 2 is 2.00 bits per heavy atom. The van der Waals surface area contributed by atoms with E-state index in [0.29, 0.717) is 31.1 Å². The Balaban J connectivity index is 2.07. The summed E-state index contributed by atoms with van der Waals surface area (Å²) in [6.07, 6.45) is 1.34. The van der Waals surface area contributed by atoms with Crippen molar-refractivity contribution in [3.05, 3.63) is 34.9 Å². The summed E-state index contributed by atoms with van der Waals surface area (Å²) in [5, 5.41) is 14.7. The number of aliphatic hydroxyl groups is 1. The number of nitrogens with one attached hydrogen (secondary N) is 1. The molecule has 1 aliphatic rings. The van der Waals surface area contributed by atoms with Gasteiger partial charge in [0.25, 0.3) is 0 Å². The van der Waals surface area contributed by atoms with Crippen LogP contribution in [0.3, 0.4) is 0 Å². The molecular weight excluding hydrogens is 387 g/mol. The molecular formula is C20H28Cl2N2O3. The van der Waals surface area contributed by atoms with Crippen LogP contribution in [0.5, 0.6) is 0 Å². The van der Waals surface area contributed by atoms with Gasteiger partial charge in [0.15, 0.2) is 0 Å². The third-order valence-corrected chi connectivity index (χ3v) is 6.10. The molecule has 2 rings (SSSR count). The van der Waals surface area contributed by atoms with E-state index in [2.05, 4.69) is 10.2 Å². The molecule has 1 aromatic rings. The maximum atomic E-state index is 11.5. The number of nitrogens with zero attached hydrogens (tertiary/aromatic N) is 1. The highest BCUT2D eigenvalue weighted by Crippen LogP contribution is 2.46. The van der Waals surface area contributed by atoms with Crippen LogP contribution in [0.25, 0.3) is 0 Å². The highest BCUT2D eigenvalue weighted by molar-refractivity contribution is 6.30. The normalized spacial score (nSPS) is 24.8. The molecule has 0 spiro atoms. The molecule has 1 amide bonds. The molecule has 0 bridgehead atoms. The fourth-order valence-corrected chi connectivity index (χ4v) is 4.10. The molecule has 1 fully saturated rings. The second kappa shape index (κ2) is 8.91. The highest BCUT2D eigenvalue weighted by Gasteiger charge is 2.48. The van der Waals surface area contributed by atoms with E-state index in [1.165, 1.54) is 0 Å². The van der Waals surface area contributed by atoms with E-state index in [0.717, 1.165) is 11.8 Å². The number of aldehydes is 1. The Kier molecular flexibility index (Phi) is 7.31. The first-order valence-corrected chi connectivity index (χ1v) is 10.1. The molecule has 5 nitrogen and oxygen atoms in total. The fraction of sp³-hybridized carbons (Fsp3) is 0.600. The van der Waals surface area contributed by atoms with Crippen LogP contribution in [-0.2, 0) is 15.2 Å². The van der Waals surface area contributed by atoms with E-state index in [-0.39, 0.29) is 17.7 Å². The molecule has 7 heteroatoms. The van der Waals surface area contributed by atoms with Gasteiger partial charge in [0, 0.05) is 30.1 Å². The van der Waals surface area contributed by atoms with Crippen LogP contribution in [0.15, 0.2) is 24.3 Å². The van der Waals surface area contributed by atoms with Gasteiger partial charge < -0.3 is 20.1 Å². The smallest absolute Gasteiger partial charge is 0.235 e. The quantitative estimate of drug-likeness (QED) is 0.531. The lowest BCUT2D eigenvalue weighted by Crippen LogP contribution is -2.57. The van der Waals surface area contributed by atoms with E-state index in [4.69, 9.17) is 23.2 Å². The lowest BCUT2D eigenvalue weighted by Gasteiger charge is -2.51. The number of halogens is 2. The van der Waals surface area contributed by atoms with Crippen LogP contribution in [-0.4, -0.2) is 53.8 Å². The van der Waals surface area contributed by atoms with Gasteiger partial charge in [-0.05, 0) is 30.0 Å². The van der Waals surface area contributed by atoms with Gasteiger partial charge in [-0.1, -0.05) is 44.5 Å². The van der Waals surface area contributed by atoms with Gasteiger partial charge in [-0.2, -0.15) is 0 Å². The minimum absolute atomic E-state index is 0.0628.